The van der Waals surface area contributed by atoms with E-state index in [4.69, 9.17) is 28.4 Å². The molecule has 1 N–H and O–H groups in total. The van der Waals surface area contributed by atoms with Crippen molar-refractivity contribution in [1.29, 1.82) is 0 Å². The number of nitrogens with one attached hydrogen (secondary N) is 1. The molecule has 0 radical (unpaired) electrons. The highest BCUT2D eigenvalue weighted by molar-refractivity contribution is 7.85. The van der Waals surface area contributed by atoms with Gasteiger partial charge in [0.1, 0.15) is 5.60 Å². The van der Waals surface area contributed by atoms with E-state index in [1.54, 1.807) is 0 Å². The quantitative estimate of drug-likeness (QED) is 0.205. The Morgan fingerprint density at radius 3 is 1.64 bits per heavy atom. The molecule has 11 nitrogen and oxygen atoms in total. The summed E-state index contributed by atoms with van der Waals surface area (Å²) >= 11 is 0. The predicted molar refractivity (Wildman–Crippen MR) is 121 cm³/mol. The largest absolute Gasteiger partial charge is 0.444 e. The highest BCUT2D eigenvalue weighted by Crippen LogP contribution is 2.27. The molecule has 1 fully saturated rings. The van der Waals surface area contributed by atoms with Crippen molar-refractivity contribution in [3.8, 4) is 0 Å². The van der Waals surface area contributed by atoms with Gasteiger partial charge in [-0.05, 0) is 39.5 Å². The van der Waals surface area contributed by atoms with Gasteiger partial charge in [0.15, 0.2) is 0 Å². The average molecular weight is 500 g/mol. The number of amides is 1. The lowest BCUT2D eigenvalue weighted by molar-refractivity contribution is -0.0193. The second-order valence-electron chi connectivity index (χ2n) is 8.73. The molecule has 0 spiro atoms. The van der Waals surface area contributed by atoms with E-state index in [1.165, 1.54) is 0 Å². The van der Waals surface area contributed by atoms with Crippen LogP contribution in [0.2, 0.25) is 0 Å². The van der Waals surface area contributed by atoms with E-state index in [2.05, 4.69) is 9.50 Å². The molecule has 0 aliphatic heterocycles. The van der Waals surface area contributed by atoms with Crippen molar-refractivity contribution >= 4 is 16.2 Å². The van der Waals surface area contributed by atoms with Crippen molar-refractivity contribution in [2.45, 2.75) is 45.3 Å². The third-order valence-electron chi connectivity index (χ3n) is 4.32. The summed E-state index contributed by atoms with van der Waals surface area (Å²) in [5.41, 5.74) is -0.480. The zero-order valence-corrected chi connectivity index (χ0v) is 21.2. The van der Waals surface area contributed by atoms with Gasteiger partial charge in [0, 0.05) is 12.6 Å². The van der Waals surface area contributed by atoms with Crippen molar-refractivity contribution in [1.82, 2.24) is 5.32 Å². The third-order valence-corrected chi connectivity index (χ3v) is 4.92. The normalized spacial score (nSPS) is 18.7. The minimum Gasteiger partial charge on any atom is -0.444 e. The fourth-order valence-corrected chi connectivity index (χ4v) is 3.21. The van der Waals surface area contributed by atoms with Crippen LogP contribution in [0, 0.1) is 5.92 Å². The van der Waals surface area contributed by atoms with Gasteiger partial charge in [-0.3, -0.25) is 4.18 Å². The van der Waals surface area contributed by atoms with E-state index in [9.17, 15) is 13.2 Å². The molecule has 0 saturated heterocycles. The zero-order chi connectivity index (χ0) is 24.6. The van der Waals surface area contributed by atoms with Gasteiger partial charge in [-0.1, -0.05) is 0 Å². The van der Waals surface area contributed by atoms with E-state index in [0.717, 1.165) is 19.1 Å². The second-order valence-corrected chi connectivity index (χ2v) is 10.4. The predicted octanol–water partition coefficient (Wildman–Crippen LogP) is 1.35. The fraction of sp³-hybridized carbons (Fsp3) is 0.952. The Morgan fingerprint density at radius 1 is 0.788 bits per heavy atom. The number of hydrogen-bond acceptors (Lipinski definition) is 10. The van der Waals surface area contributed by atoms with Crippen LogP contribution in [-0.4, -0.2) is 105 Å². The van der Waals surface area contributed by atoms with Gasteiger partial charge in [0.25, 0.3) is 10.1 Å². The summed E-state index contributed by atoms with van der Waals surface area (Å²) in [6.45, 7) is 10.0. The SMILES string of the molecule is CC(C)(C)OC(=O)NC1CC(COCCOCCOCCOCCOCCOS(C)(=O)=O)C1. The first kappa shape index (κ1) is 30.0. The van der Waals surface area contributed by atoms with E-state index >= 15 is 0 Å². The Morgan fingerprint density at radius 2 is 1.21 bits per heavy atom. The van der Waals surface area contributed by atoms with Gasteiger partial charge in [0.2, 0.25) is 0 Å². The van der Waals surface area contributed by atoms with Crippen LogP contribution in [0.15, 0.2) is 0 Å². The number of rotatable bonds is 19. The Kier molecular flexibility index (Phi) is 15.1. The van der Waals surface area contributed by atoms with Gasteiger partial charge in [-0.25, -0.2) is 4.79 Å². The van der Waals surface area contributed by atoms with Crippen LogP contribution in [0.25, 0.3) is 0 Å². The Labute approximate surface area is 197 Å². The van der Waals surface area contributed by atoms with E-state index < -0.39 is 15.7 Å². The molecule has 1 saturated carbocycles. The molecule has 196 valence electrons. The van der Waals surface area contributed by atoms with Crippen LogP contribution in [0.3, 0.4) is 0 Å². The standard InChI is InChI=1S/C21H41NO10S/c1-21(2,3)32-20(23)22-19-15-18(16-19)17-30-12-11-28-8-7-26-5-6-27-9-10-29-13-14-31-33(4,24)25/h18-19H,5-17H2,1-4H3,(H,22,23). The smallest absolute Gasteiger partial charge is 0.407 e. The summed E-state index contributed by atoms with van der Waals surface area (Å²) in [6.07, 6.45) is 2.44. The van der Waals surface area contributed by atoms with Crippen LogP contribution < -0.4 is 5.32 Å². The molecular formula is C21H41NO10S. The number of carbonyl (C=O) groups is 1. The highest BCUT2D eigenvalue weighted by Gasteiger charge is 2.31. The van der Waals surface area contributed by atoms with Gasteiger partial charge in [-0.15, -0.1) is 0 Å². The lowest BCUT2D eigenvalue weighted by atomic mass is 9.81. The summed E-state index contributed by atoms with van der Waals surface area (Å²) in [4.78, 5) is 11.7. The molecule has 0 aromatic carbocycles. The minimum atomic E-state index is -3.42. The first-order chi connectivity index (χ1) is 15.6. The van der Waals surface area contributed by atoms with Crippen LogP contribution in [0.1, 0.15) is 33.6 Å². The van der Waals surface area contributed by atoms with Crippen LogP contribution >= 0.6 is 0 Å². The molecule has 33 heavy (non-hydrogen) atoms. The zero-order valence-electron chi connectivity index (χ0n) is 20.3. The Bertz CT molecular complexity index is 617. The molecule has 0 aromatic rings. The molecule has 1 aliphatic carbocycles. The molecule has 0 bridgehead atoms. The lowest BCUT2D eigenvalue weighted by Crippen LogP contribution is -2.47. The lowest BCUT2D eigenvalue weighted by Gasteiger charge is -2.35. The molecule has 1 aliphatic rings. The van der Waals surface area contributed by atoms with Crippen molar-refractivity contribution in [3.05, 3.63) is 0 Å². The number of alkyl carbamates (subject to hydrolysis) is 1. The maximum Gasteiger partial charge on any atom is 0.407 e. The third kappa shape index (κ3) is 19.0. The Hall–Kier alpha value is -1.02. The van der Waals surface area contributed by atoms with Gasteiger partial charge in [-0.2, -0.15) is 8.42 Å². The summed E-state index contributed by atoms with van der Waals surface area (Å²) in [5, 5.41) is 2.87. The number of ether oxygens (including phenoxy) is 6. The average Bonchev–Trinajstić information content (AvgIpc) is 2.65. The van der Waals surface area contributed by atoms with Crippen LogP contribution in [0.4, 0.5) is 4.79 Å². The molecule has 0 heterocycles. The van der Waals surface area contributed by atoms with Gasteiger partial charge < -0.3 is 33.7 Å². The van der Waals surface area contributed by atoms with E-state index in [-0.39, 0.29) is 25.3 Å². The van der Waals surface area contributed by atoms with Crippen LogP contribution in [0.5, 0.6) is 0 Å². The highest BCUT2D eigenvalue weighted by atomic mass is 32.2. The summed E-state index contributed by atoms with van der Waals surface area (Å²) < 4.78 is 58.2. The topological polar surface area (TPSA) is 128 Å². The molecule has 1 rings (SSSR count). The minimum absolute atomic E-state index is 0.00135. The number of carbonyl (C=O) groups excluding carboxylic acids is 1. The molecular weight excluding hydrogens is 458 g/mol. The molecule has 12 heteroatoms. The van der Waals surface area contributed by atoms with E-state index in [1.807, 2.05) is 20.8 Å². The maximum absolute atomic E-state index is 11.7. The molecule has 1 amide bonds. The monoisotopic (exact) mass is 499 g/mol. The second kappa shape index (κ2) is 16.6. The molecule has 0 atom stereocenters. The summed E-state index contributed by atoms with van der Waals surface area (Å²) in [6, 6.07) is 0.167. The maximum atomic E-state index is 11.7. The van der Waals surface area contributed by atoms with Gasteiger partial charge >= 0.3 is 6.09 Å². The summed E-state index contributed by atoms with van der Waals surface area (Å²) in [5.74, 6) is 0.458. The Balaban J connectivity index is 1.75. The first-order valence-corrected chi connectivity index (χ1v) is 13.1. The van der Waals surface area contributed by atoms with Gasteiger partial charge in [0.05, 0.1) is 72.3 Å². The first-order valence-electron chi connectivity index (χ1n) is 11.3. The summed E-state index contributed by atoms with van der Waals surface area (Å²) in [7, 11) is -3.42. The molecule has 0 aromatic heterocycles. The van der Waals surface area contributed by atoms with Crippen LogP contribution in [-0.2, 0) is 42.7 Å². The van der Waals surface area contributed by atoms with Crippen molar-refractivity contribution in [2.24, 2.45) is 5.92 Å². The van der Waals surface area contributed by atoms with Crippen molar-refractivity contribution in [3.63, 3.8) is 0 Å². The number of hydrogen-bond donors (Lipinski definition) is 1. The fourth-order valence-electron chi connectivity index (χ4n) is 2.84. The molecule has 0 unspecified atom stereocenters. The van der Waals surface area contributed by atoms with Crippen molar-refractivity contribution < 1.29 is 45.8 Å². The van der Waals surface area contributed by atoms with Crippen molar-refractivity contribution in [2.75, 3.05) is 78.9 Å². The van der Waals surface area contributed by atoms with E-state index in [0.29, 0.717) is 65.4 Å².